The molecule has 1 unspecified atom stereocenters. The number of amidine groups is 1. The van der Waals surface area contributed by atoms with Crippen molar-refractivity contribution in [3.63, 3.8) is 0 Å². The Kier molecular flexibility index (Phi) is 7.90. The quantitative estimate of drug-likeness (QED) is 0.317. The second kappa shape index (κ2) is 10.2. The summed E-state index contributed by atoms with van der Waals surface area (Å²) in [4.78, 5) is 28.4. The van der Waals surface area contributed by atoms with Crippen molar-refractivity contribution in [2.75, 3.05) is 0 Å². The van der Waals surface area contributed by atoms with Gasteiger partial charge in [-0.05, 0) is 12.5 Å². The number of rotatable bonds is 7. The van der Waals surface area contributed by atoms with Gasteiger partial charge in [-0.15, -0.1) is 23.7 Å². The Balaban J connectivity index is 0.00000341. The Morgan fingerprint density at radius 3 is 2.23 bits per heavy atom. The van der Waals surface area contributed by atoms with Gasteiger partial charge in [0.25, 0.3) is 0 Å². The molecule has 0 saturated heterocycles. The lowest BCUT2D eigenvalue weighted by atomic mass is 10.0. The lowest BCUT2D eigenvalue weighted by Crippen LogP contribution is -2.41. The van der Waals surface area contributed by atoms with E-state index in [2.05, 4.69) is 5.32 Å². The Hall–Kier alpha value is -3.23. The first-order valence-corrected chi connectivity index (χ1v) is 10.1. The topological polar surface area (TPSA) is 129 Å². The summed E-state index contributed by atoms with van der Waals surface area (Å²) < 4.78 is 0. The van der Waals surface area contributed by atoms with Crippen molar-refractivity contribution in [1.29, 1.82) is 5.41 Å². The number of carboxylic acid groups (broad SMARTS) is 1. The first-order valence-electron chi connectivity index (χ1n) is 9.26. The number of benzene rings is 2. The summed E-state index contributed by atoms with van der Waals surface area (Å²) in [6.45, 7) is 3.31. The first kappa shape index (κ1) is 24.0. The number of nitrogens with zero attached hydrogens (tertiary/aromatic N) is 1. The number of thiazole rings is 1. The molecular formula is C22H23ClN4O3S. The molecule has 1 heterocycles. The van der Waals surface area contributed by atoms with Crippen LogP contribution in [-0.2, 0) is 16.0 Å². The molecule has 162 valence electrons. The van der Waals surface area contributed by atoms with E-state index in [1.807, 2.05) is 43.3 Å². The van der Waals surface area contributed by atoms with E-state index in [4.69, 9.17) is 16.1 Å². The predicted molar refractivity (Wildman–Crippen MR) is 125 cm³/mol. The van der Waals surface area contributed by atoms with Crippen LogP contribution in [0.4, 0.5) is 0 Å². The normalized spacial score (nSPS) is 11.3. The van der Waals surface area contributed by atoms with Crippen molar-refractivity contribution in [2.24, 2.45) is 5.73 Å². The van der Waals surface area contributed by atoms with E-state index in [0.29, 0.717) is 5.56 Å². The molecule has 0 aliphatic rings. The summed E-state index contributed by atoms with van der Waals surface area (Å²) in [7, 11) is 0. The van der Waals surface area contributed by atoms with E-state index in [0.717, 1.165) is 32.3 Å². The Morgan fingerprint density at radius 2 is 1.71 bits per heavy atom. The minimum absolute atomic E-state index is 0. The number of aryl methyl sites for hydroxylation is 1. The molecule has 0 spiro atoms. The number of nitrogens with one attached hydrogen (secondary N) is 2. The van der Waals surface area contributed by atoms with Crippen LogP contribution in [0.15, 0.2) is 48.5 Å². The largest absolute Gasteiger partial charge is 0.480 e. The Morgan fingerprint density at radius 1 is 1.13 bits per heavy atom. The number of carboxylic acids is 1. The van der Waals surface area contributed by atoms with E-state index in [1.54, 1.807) is 23.5 Å². The fourth-order valence-corrected chi connectivity index (χ4v) is 4.00. The molecule has 0 saturated carbocycles. The summed E-state index contributed by atoms with van der Waals surface area (Å²) in [6, 6.07) is 14.0. The van der Waals surface area contributed by atoms with Gasteiger partial charge in [-0.25, -0.2) is 9.78 Å². The van der Waals surface area contributed by atoms with Crippen molar-refractivity contribution >= 4 is 41.5 Å². The summed E-state index contributed by atoms with van der Waals surface area (Å²) in [6.07, 6.45) is 0.207. The van der Waals surface area contributed by atoms with Crippen molar-refractivity contribution in [2.45, 2.75) is 26.3 Å². The van der Waals surface area contributed by atoms with Crippen LogP contribution in [0.1, 0.15) is 22.9 Å². The minimum atomic E-state index is -1.06. The third-order valence-electron chi connectivity index (χ3n) is 4.58. The summed E-state index contributed by atoms with van der Waals surface area (Å²) >= 11 is 1.58. The zero-order valence-electron chi connectivity index (χ0n) is 17.0. The van der Waals surface area contributed by atoms with Gasteiger partial charge < -0.3 is 16.2 Å². The Labute approximate surface area is 190 Å². The van der Waals surface area contributed by atoms with Crippen LogP contribution in [0.2, 0.25) is 0 Å². The van der Waals surface area contributed by atoms with Gasteiger partial charge in [0.05, 0.1) is 5.69 Å². The second-order valence-corrected chi connectivity index (χ2v) is 8.11. The molecule has 31 heavy (non-hydrogen) atoms. The van der Waals surface area contributed by atoms with Gasteiger partial charge in [0, 0.05) is 34.9 Å². The number of hydrogen-bond donors (Lipinski definition) is 4. The van der Waals surface area contributed by atoms with Crippen LogP contribution in [0, 0.1) is 12.3 Å². The highest BCUT2D eigenvalue weighted by Crippen LogP contribution is 2.33. The maximum absolute atomic E-state index is 11.3. The van der Waals surface area contributed by atoms with Gasteiger partial charge in [-0.1, -0.05) is 48.5 Å². The SMILES string of the molecule is CC(=O)NC(Cc1ccc(-c2nc(-c3ccc(C(=N)N)cc3)sc2C)cc1)C(=O)O.Cl. The number of carbonyl (C=O) groups is 2. The van der Waals surface area contributed by atoms with Gasteiger partial charge >= 0.3 is 5.97 Å². The summed E-state index contributed by atoms with van der Waals surface area (Å²) in [5.41, 5.74) is 9.75. The number of amides is 1. The zero-order valence-corrected chi connectivity index (χ0v) is 18.6. The second-order valence-electron chi connectivity index (χ2n) is 6.91. The molecular weight excluding hydrogens is 436 g/mol. The molecule has 3 aromatic rings. The fraction of sp³-hybridized carbons (Fsp3) is 0.182. The maximum Gasteiger partial charge on any atom is 0.326 e. The van der Waals surface area contributed by atoms with Crippen LogP contribution < -0.4 is 11.1 Å². The molecule has 1 aromatic heterocycles. The molecule has 9 heteroatoms. The Bertz CT molecular complexity index is 1090. The highest BCUT2D eigenvalue weighted by atomic mass is 35.5. The van der Waals surface area contributed by atoms with Crippen LogP contribution in [0.3, 0.4) is 0 Å². The highest BCUT2D eigenvalue weighted by Gasteiger charge is 2.19. The molecule has 7 nitrogen and oxygen atoms in total. The number of hydrogen-bond acceptors (Lipinski definition) is 5. The first-order chi connectivity index (χ1) is 14.2. The number of aliphatic carboxylic acids is 1. The van der Waals surface area contributed by atoms with Crippen LogP contribution in [0.5, 0.6) is 0 Å². The van der Waals surface area contributed by atoms with Crippen LogP contribution in [0.25, 0.3) is 21.8 Å². The van der Waals surface area contributed by atoms with Gasteiger partial charge in [0.1, 0.15) is 16.9 Å². The van der Waals surface area contributed by atoms with E-state index >= 15 is 0 Å². The van der Waals surface area contributed by atoms with Crippen molar-refractivity contribution < 1.29 is 14.7 Å². The summed E-state index contributed by atoms with van der Waals surface area (Å²) in [5.74, 6) is -1.41. The van der Waals surface area contributed by atoms with Crippen LogP contribution in [-0.4, -0.2) is 33.8 Å². The molecule has 2 aromatic carbocycles. The van der Waals surface area contributed by atoms with Gasteiger partial charge in [0.15, 0.2) is 0 Å². The van der Waals surface area contributed by atoms with Gasteiger partial charge in [0.2, 0.25) is 5.91 Å². The van der Waals surface area contributed by atoms with E-state index < -0.39 is 12.0 Å². The third-order valence-corrected chi connectivity index (χ3v) is 5.60. The van der Waals surface area contributed by atoms with E-state index in [-0.39, 0.29) is 30.6 Å². The molecule has 0 aliphatic heterocycles. The van der Waals surface area contributed by atoms with Gasteiger partial charge in [-0.2, -0.15) is 0 Å². The molecule has 0 bridgehead atoms. The molecule has 1 atom stereocenters. The lowest BCUT2D eigenvalue weighted by Gasteiger charge is -2.13. The maximum atomic E-state index is 11.3. The van der Waals surface area contributed by atoms with Crippen LogP contribution >= 0.6 is 23.7 Å². The molecule has 0 fully saturated rings. The van der Waals surface area contributed by atoms with E-state index in [1.165, 1.54) is 6.92 Å². The molecule has 0 aliphatic carbocycles. The number of aromatic nitrogens is 1. The number of halogens is 1. The molecule has 1 amide bonds. The lowest BCUT2D eigenvalue weighted by molar-refractivity contribution is -0.141. The smallest absolute Gasteiger partial charge is 0.326 e. The molecule has 5 N–H and O–H groups in total. The van der Waals surface area contributed by atoms with Crippen molar-refractivity contribution in [1.82, 2.24) is 10.3 Å². The van der Waals surface area contributed by atoms with Crippen molar-refractivity contribution in [3.05, 3.63) is 64.5 Å². The predicted octanol–water partition coefficient (Wildman–Crippen LogP) is 3.62. The standard InChI is InChI=1S/C22H22N4O3S.ClH/c1-12-19(26-21(30-12)17-9-7-16(8-10-17)20(23)24)15-5-3-14(4-6-15)11-18(22(28)29)25-13(2)27;/h3-10,18H,11H2,1-2H3,(H3,23,24)(H,25,27)(H,28,29);1H. The van der Waals surface area contributed by atoms with E-state index in [9.17, 15) is 14.7 Å². The number of carbonyl (C=O) groups excluding carboxylic acids is 1. The monoisotopic (exact) mass is 458 g/mol. The zero-order chi connectivity index (χ0) is 21.8. The average molecular weight is 459 g/mol. The minimum Gasteiger partial charge on any atom is -0.480 e. The van der Waals surface area contributed by atoms with Crippen molar-refractivity contribution in [3.8, 4) is 21.8 Å². The average Bonchev–Trinajstić information content (AvgIpc) is 3.09. The molecule has 0 radical (unpaired) electrons. The third kappa shape index (κ3) is 5.90. The number of nitrogens with two attached hydrogens (primary N) is 1. The number of nitrogen functional groups attached to an aromatic ring is 1. The fourth-order valence-electron chi connectivity index (χ4n) is 3.06. The molecule has 3 rings (SSSR count). The van der Waals surface area contributed by atoms with Gasteiger partial charge in [-0.3, -0.25) is 10.2 Å². The summed E-state index contributed by atoms with van der Waals surface area (Å²) in [5, 5.41) is 20.1. The highest BCUT2D eigenvalue weighted by molar-refractivity contribution is 7.15.